The van der Waals surface area contributed by atoms with Gasteiger partial charge in [0.1, 0.15) is 5.76 Å². The number of nitrogens with zero attached hydrogens (tertiary/aromatic N) is 2. The van der Waals surface area contributed by atoms with E-state index in [9.17, 15) is 9.59 Å². The zero-order chi connectivity index (χ0) is 13.7. The number of pyridine rings is 1. The summed E-state index contributed by atoms with van der Waals surface area (Å²) in [6, 6.07) is 4.71. The van der Waals surface area contributed by atoms with Crippen LogP contribution in [0.5, 0.6) is 0 Å². The summed E-state index contributed by atoms with van der Waals surface area (Å²) in [6.45, 7) is 1.57. The molecule has 2 heterocycles. The largest absolute Gasteiger partial charge is 0.360 e. The van der Waals surface area contributed by atoms with Gasteiger partial charge < -0.3 is 15.2 Å². The van der Waals surface area contributed by atoms with Gasteiger partial charge in [0, 0.05) is 24.0 Å². The molecule has 0 saturated carbocycles. The minimum atomic E-state index is -0.379. The van der Waals surface area contributed by atoms with Crippen LogP contribution in [0.25, 0.3) is 0 Å². The Bertz CT molecular complexity index is 580. The van der Waals surface area contributed by atoms with E-state index in [4.69, 9.17) is 4.52 Å². The highest BCUT2D eigenvalue weighted by atomic mass is 16.5. The molecule has 0 bridgehead atoms. The molecular formula is C12H12N4O3. The predicted octanol–water partition coefficient (Wildman–Crippen LogP) is 0.747. The minimum Gasteiger partial charge on any atom is -0.360 e. The summed E-state index contributed by atoms with van der Waals surface area (Å²) >= 11 is 0. The van der Waals surface area contributed by atoms with E-state index in [2.05, 4.69) is 20.8 Å². The number of amides is 2. The number of hydrogen-bond donors (Lipinski definition) is 2. The van der Waals surface area contributed by atoms with Crippen molar-refractivity contribution in [2.45, 2.75) is 6.92 Å². The summed E-state index contributed by atoms with van der Waals surface area (Å²) in [5, 5.41) is 8.60. The van der Waals surface area contributed by atoms with E-state index < -0.39 is 0 Å². The van der Waals surface area contributed by atoms with Gasteiger partial charge in [0.15, 0.2) is 5.82 Å². The molecule has 19 heavy (non-hydrogen) atoms. The average Bonchev–Trinajstić information content (AvgIpc) is 2.82. The van der Waals surface area contributed by atoms with E-state index in [1.54, 1.807) is 25.1 Å². The molecule has 7 nitrogen and oxygen atoms in total. The van der Waals surface area contributed by atoms with Crippen LogP contribution in [0, 0.1) is 6.92 Å². The molecule has 2 aromatic heterocycles. The lowest BCUT2D eigenvalue weighted by molar-refractivity contribution is -0.115. The maximum absolute atomic E-state index is 11.7. The van der Waals surface area contributed by atoms with Crippen LogP contribution in [-0.2, 0) is 4.79 Å². The first-order chi connectivity index (χ1) is 9.15. The van der Waals surface area contributed by atoms with Gasteiger partial charge in [0.05, 0.1) is 6.54 Å². The van der Waals surface area contributed by atoms with Gasteiger partial charge in [-0.25, -0.2) is 0 Å². The van der Waals surface area contributed by atoms with Gasteiger partial charge in [-0.2, -0.15) is 0 Å². The number of carbonyl (C=O) groups excluding carboxylic acids is 2. The maximum Gasteiger partial charge on any atom is 0.251 e. The second kappa shape index (κ2) is 5.76. The Hall–Kier alpha value is -2.70. The standard InChI is InChI=1S/C12H12N4O3/c1-8-6-10(16-19-8)15-11(17)7-14-12(18)9-2-4-13-5-3-9/h2-6H,7H2,1H3,(H,14,18)(H,15,16,17). The highest BCUT2D eigenvalue weighted by Crippen LogP contribution is 2.06. The van der Waals surface area contributed by atoms with Crippen molar-refractivity contribution in [3.63, 3.8) is 0 Å². The molecule has 0 saturated heterocycles. The Morgan fingerprint density at radius 3 is 2.68 bits per heavy atom. The lowest BCUT2D eigenvalue weighted by atomic mass is 10.2. The third-order valence-corrected chi connectivity index (χ3v) is 2.25. The molecule has 0 aliphatic carbocycles. The molecule has 0 fully saturated rings. The molecule has 0 aliphatic rings. The van der Waals surface area contributed by atoms with Crippen molar-refractivity contribution in [3.05, 3.63) is 41.9 Å². The summed E-state index contributed by atoms with van der Waals surface area (Å²) in [6.07, 6.45) is 3.01. The molecule has 2 aromatic rings. The van der Waals surface area contributed by atoms with Gasteiger partial charge in [-0.05, 0) is 19.1 Å². The van der Waals surface area contributed by atoms with E-state index >= 15 is 0 Å². The van der Waals surface area contributed by atoms with Gasteiger partial charge in [-0.1, -0.05) is 5.16 Å². The first-order valence-corrected chi connectivity index (χ1v) is 5.56. The third kappa shape index (κ3) is 3.63. The van der Waals surface area contributed by atoms with E-state index in [1.807, 2.05) is 0 Å². The number of anilines is 1. The summed E-state index contributed by atoms with van der Waals surface area (Å²) in [5.41, 5.74) is 0.445. The Balaban J connectivity index is 1.82. The fraction of sp³-hybridized carbons (Fsp3) is 0.167. The molecule has 2 N–H and O–H groups in total. The van der Waals surface area contributed by atoms with Crippen LogP contribution in [0.3, 0.4) is 0 Å². The highest BCUT2D eigenvalue weighted by molar-refractivity contribution is 5.98. The summed E-state index contributed by atoms with van der Waals surface area (Å²) in [5.74, 6) is 0.196. The predicted molar refractivity (Wildman–Crippen MR) is 66.4 cm³/mol. The highest BCUT2D eigenvalue weighted by Gasteiger charge is 2.09. The van der Waals surface area contributed by atoms with Crippen LogP contribution in [0.15, 0.2) is 35.1 Å². The molecule has 0 radical (unpaired) electrons. The SMILES string of the molecule is Cc1cc(NC(=O)CNC(=O)c2ccncc2)no1. The first-order valence-electron chi connectivity index (χ1n) is 5.56. The molecule has 2 rings (SSSR count). The van der Waals surface area contributed by atoms with Gasteiger partial charge in [0.2, 0.25) is 5.91 Å². The number of aromatic nitrogens is 2. The van der Waals surface area contributed by atoms with Crippen molar-refractivity contribution >= 4 is 17.6 Å². The maximum atomic E-state index is 11.7. The second-order valence-electron chi connectivity index (χ2n) is 3.79. The van der Waals surface area contributed by atoms with E-state index in [0.717, 1.165) is 0 Å². The molecule has 0 aromatic carbocycles. The minimum absolute atomic E-state index is 0.146. The van der Waals surface area contributed by atoms with Crippen LogP contribution in [0.2, 0.25) is 0 Å². The number of hydrogen-bond acceptors (Lipinski definition) is 5. The van der Waals surface area contributed by atoms with Crippen LogP contribution in [-0.4, -0.2) is 28.5 Å². The summed E-state index contributed by atoms with van der Waals surface area (Å²) in [4.78, 5) is 27.0. The van der Waals surface area contributed by atoms with Gasteiger partial charge in [-0.3, -0.25) is 14.6 Å². The lowest BCUT2D eigenvalue weighted by Gasteiger charge is -2.04. The summed E-state index contributed by atoms with van der Waals surface area (Å²) in [7, 11) is 0. The zero-order valence-corrected chi connectivity index (χ0v) is 10.2. The van der Waals surface area contributed by atoms with E-state index in [-0.39, 0.29) is 18.4 Å². The fourth-order valence-corrected chi connectivity index (χ4v) is 1.38. The smallest absolute Gasteiger partial charge is 0.251 e. The number of nitrogens with one attached hydrogen (secondary N) is 2. The Morgan fingerprint density at radius 1 is 1.32 bits per heavy atom. The van der Waals surface area contributed by atoms with Crippen molar-refractivity contribution in [1.82, 2.24) is 15.5 Å². The Labute approximate surface area is 109 Å². The number of carbonyl (C=O) groups is 2. The lowest BCUT2D eigenvalue weighted by Crippen LogP contribution is -2.32. The van der Waals surface area contributed by atoms with Crippen LogP contribution >= 0.6 is 0 Å². The third-order valence-electron chi connectivity index (χ3n) is 2.25. The topological polar surface area (TPSA) is 97.1 Å². The molecule has 7 heteroatoms. The van der Waals surface area contributed by atoms with Gasteiger partial charge in [0.25, 0.3) is 5.91 Å². The monoisotopic (exact) mass is 260 g/mol. The zero-order valence-electron chi connectivity index (χ0n) is 10.2. The first kappa shape index (κ1) is 12.7. The molecule has 0 aliphatic heterocycles. The molecule has 98 valence electrons. The Morgan fingerprint density at radius 2 is 2.05 bits per heavy atom. The second-order valence-corrected chi connectivity index (χ2v) is 3.79. The van der Waals surface area contributed by atoms with Gasteiger partial charge in [-0.15, -0.1) is 0 Å². The van der Waals surface area contributed by atoms with Gasteiger partial charge >= 0.3 is 0 Å². The van der Waals surface area contributed by atoms with Crippen molar-refractivity contribution < 1.29 is 14.1 Å². The van der Waals surface area contributed by atoms with E-state index in [1.165, 1.54) is 12.4 Å². The Kier molecular flexibility index (Phi) is 3.87. The quantitative estimate of drug-likeness (QED) is 0.845. The molecule has 0 atom stereocenters. The van der Waals surface area contributed by atoms with E-state index in [0.29, 0.717) is 17.1 Å². The molecular weight excluding hydrogens is 248 g/mol. The van der Waals surface area contributed by atoms with Crippen molar-refractivity contribution in [2.75, 3.05) is 11.9 Å². The van der Waals surface area contributed by atoms with Crippen molar-refractivity contribution in [2.24, 2.45) is 0 Å². The normalized spacial score (nSPS) is 9.95. The average molecular weight is 260 g/mol. The number of rotatable bonds is 4. The molecule has 0 unspecified atom stereocenters. The molecule has 2 amide bonds. The summed E-state index contributed by atoms with van der Waals surface area (Å²) < 4.78 is 4.80. The van der Waals surface area contributed by atoms with Crippen molar-refractivity contribution in [3.8, 4) is 0 Å². The molecule has 0 spiro atoms. The van der Waals surface area contributed by atoms with Crippen LogP contribution in [0.4, 0.5) is 5.82 Å². The van der Waals surface area contributed by atoms with Crippen LogP contribution in [0.1, 0.15) is 16.1 Å². The van der Waals surface area contributed by atoms with Crippen molar-refractivity contribution in [1.29, 1.82) is 0 Å². The van der Waals surface area contributed by atoms with Crippen LogP contribution < -0.4 is 10.6 Å². The number of aryl methyl sites for hydroxylation is 1. The fourth-order valence-electron chi connectivity index (χ4n) is 1.38.